The first-order chi connectivity index (χ1) is 7.96. The molecule has 1 aliphatic carbocycles. The molecule has 0 saturated heterocycles. The Balaban J connectivity index is 2.66. The van der Waals surface area contributed by atoms with E-state index >= 15 is 0 Å². The number of hydrogen-bond acceptors (Lipinski definition) is 7. The van der Waals surface area contributed by atoms with Gasteiger partial charge in [-0.25, -0.2) is 0 Å². The zero-order valence-electron chi connectivity index (χ0n) is 9.53. The Bertz CT molecular complexity index is 237. The summed E-state index contributed by atoms with van der Waals surface area (Å²) in [6.45, 7) is -1.22. The predicted molar refractivity (Wildman–Crippen MR) is 58.2 cm³/mol. The number of aliphatic hydroxyl groups is 6. The van der Waals surface area contributed by atoms with Gasteiger partial charge < -0.3 is 36.0 Å². The molecule has 1 rings (SSSR count). The van der Waals surface area contributed by atoms with Gasteiger partial charge in [0.15, 0.2) is 0 Å². The molecule has 0 aromatic carbocycles. The average molecular weight is 251 g/mol. The molecule has 102 valence electrons. The Labute approximate surface area is 99.3 Å². The fourth-order valence-electron chi connectivity index (χ4n) is 2.07. The zero-order chi connectivity index (χ0) is 13.1. The molecule has 0 radical (unpaired) electrons. The molecule has 0 aliphatic heterocycles. The van der Waals surface area contributed by atoms with Gasteiger partial charge in [-0.1, -0.05) is 0 Å². The van der Waals surface area contributed by atoms with Gasteiger partial charge in [-0.15, -0.1) is 0 Å². The molecular weight excluding hydrogens is 230 g/mol. The topological polar surface area (TPSA) is 133 Å². The molecule has 1 aliphatic rings. The van der Waals surface area contributed by atoms with Gasteiger partial charge in [0, 0.05) is 12.5 Å². The molecule has 7 heteroatoms. The maximum absolute atomic E-state index is 9.92. The van der Waals surface area contributed by atoms with E-state index in [2.05, 4.69) is 5.32 Å². The molecule has 0 amide bonds. The van der Waals surface area contributed by atoms with Crippen LogP contribution in [0.4, 0.5) is 0 Å². The van der Waals surface area contributed by atoms with Crippen LogP contribution in [0, 0.1) is 0 Å². The molecule has 1 fully saturated rings. The van der Waals surface area contributed by atoms with Crippen LogP contribution < -0.4 is 5.32 Å². The standard InChI is InChI=1S/C10H21NO6/c12-3-6(4-13)11-7-2-10(17,5-14)9(16)1-8(7)15/h6-9,11-17H,1-5H2/t7-,8+,9-,10?/m0/s1. The first-order valence-corrected chi connectivity index (χ1v) is 5.64. The molecule has 17 heavy (non-hydrogen) atoms. The van der Waals surface area contributed by atoms with E-state index in [1.165, 1.54) is 0 Å². The summed E-state index contributed by atoms with van der Waals surface area (Å²) < 4.78 is 0. The Morgan fingerprint density at radius 1 is 1.18 bits per heavy atom. The lowest BCUT2D eigenvalue weighted by atomic mass is 9.78. The van der Waals surface area contributed by atoms with Gasteiger partial charge in [0.2, 0.25) is 0 Å². The first-order valence-electron chi connectivity index (χ1n) is 5.64. The van der Waals surface area contributed by atoms with E-state index < -0.39 is 36.5 Å². The van der Waals surface area contributed by atoms with Crippen molar-refractivity contribution >= 4 is 0 Å². The van der Waals surface area contributed by atoms with E-state index in [9.17, 15) is 15.3 Å². The van der Waals surface area contributed by atoms with Crippen molar-refractivity contribution in [3.05, 3.63) is 0 Å². The lowest BCUT2D eigenvalue weighted by Gasteiger charge is -2.43. The largest absolute Gasteiger partial charge is 0.395 e. The van der Waals surface area contributed by atoms with E-state index in [0.717, 1.165) is 0 Å². The van der Waals surface area contributed by atoms with Crippen molar-refractivity contribution in [2.45, 2.75) is 42.7 Å². The highest BCUT2D eigenvalue weighted by molar-refractivity contribution is 5.00. The normalized spacial score (nSPS) is 38.6. The highest BCUT2D eigenvalue weighted by Gasteiger charge is 2.45. The lowest BCUT2D eigenvalue weighted by Crippen LogP contribution is -2.61. The summed E-state index contributed by atoms with van der Waals surface area (Å²) in [4.78, 5) is 0. The summed E-state index contributed by atoms with van der Waals surface area (Å²) >= 11 is 0. The van der Waals surface area contributed by atoms with E-state index in [1.807, 2.05) is 0 Å². The second-order valence-corrected chi connectivity index (χ2v) is 4.62. The minimum Gasteiger partial charge on any atom is -0.395 e. The van der Waals surface area contributed by atoms with Crippen LogP contribution in [-0.4, -0.2) is 80.4 Å². The number of rotatable bonds is 5. The second-order valence-electron chi connectivity index (χ2n) is 4.62. The molecule has 0 aromatic heterocycles. The molecule has 0 heterocycles. The monoisotopic (exact) mass is 251 g/mol. The average Bonchev–Trinajstić information content (AvgIpc) is 2.32. The van der Waals surface area contributed by atoms with Crippen LogP contribution in [0.2, 0.25) is 0 Å². The smallest absolute Gasteiger partial charge is 0.115 e. The Hall–Kier alpha value is -0.280. The highest BCUT2D eigenvalue weighted by Crippen LogP contribution is 2.29. The number of aliphatic hydroxyl groups excluding tert-OH is 5. The molecular formula is C10H21NO6. The van der Waals surface area contributed by atoms with Crippen molar-refractivity contribution in [3.63, 3.8) is 0 Å². The van der Waals surface area contributed by atoms with Gasteiger partial charge in [0.05, 0.1) is 38.1 Å². The van der Waals surface area contributed by atoms with E-state index in [4.69, 9.17) is 15.3 Å². The number of hydrogen-bond donors (Lipinski definition) is 7. The molecule has 0 aromatic rings. The van der Waals surface area contributed by atoms with Gasteiger partial charge in [-0.3, -0.25) is 0 Å². The fourth-order valence-corrected chi connectivity index (χ4v) is 2.07. The van der Waals surface area contributed by atoms with Crippen LogP contribution in [0.25, 0.3) is 0 Å². The first kappa shape index (κ1) is 14.8. The highest BCUT2D eigenvalue weighted by atomic mass is 16.4. The van der Waals surface area contributed by atoms with Crippen LogP contribution in [-0.2, 0) is 0 Å². The van der Waals surface area contributed by atoms with Crippen molar-refractivity contribution in [2.75, 3.05) is 19.8 Å². The van der Waals surface area contributed by atoms with Crippen molar-refractivity contribution < 1.29 is 30.6 Å². The number of nitrogens with one attached hydrogen (secondary N) is 1. The van der Waals surface area contributed by atoms with Gasteiger partial charge in [0.1, 0.15) is 5.60 Å². The van der Waals surface area contributed by atoms with Crippen molar-refractivity contribution in [1.29, 1.82) is 0 Å². The van der Waals surface area contributed by atoms with Crippen molar-refractivity contribution in [1.82, 2.24) is 5.32 Å². The summed E-state index contributed by atoms with van der Waals surface area (Å²) in [6.07, 6.45) is -2.22. The summed E-state index contributed by atoms with van der Waals surface area (Å²) in [6, 6.07) is -1.20. The second kappa shape index (κ2) is 6.05. The van der Waals surface area contributed by atoms with E-state index in [0.29, 0.717) is 0 Å². The van der Waals surface area contributed by atoms with Crippen LogP contribution in [0.15, 0.2) is 0 Å². The van der Waals surface area contributed by atoms with Gasteiger partial charge in [-0.2, -0.15) is 0 Å². The Morgan fingerprint density at radius 2 is 1.76 bits per heavy atom. The molecule has 7 nitrogen and oxygen atoms in total. The third-order valence-corrected chi connectivity index (χ3v) is 3.29. The minimum atomic E-state index is -1.66. The maximum atomic E-state index is 9.92. The summed E-state index contributed by atoms with van der Waals surface area (Å²) in [5.41, 5.74) is -1.66. The molecule has 0 spiro atoms. The third-order valence-electron chi connectivity index (χ3n) is 3.29. The van der Waals surface area contributed by atoms with E-state index in [1.54, 1.807) is 0 Å². The van der Waals surface area contributed by atoms with Crippen molar-refractivity contribution in [2.24, 2.45) is 0 Å². The SMILES string of the molecule is OCC(CO)N[C@H]1CC(O)(CO)[C@@H](O)C[C@H]1O. The minimum absolute atomic E-state index is 0.0532. The molecule has 1 unspecified atom stereocenters. The molecule has 1 saturated carbocycles. The van der Waals surface area contributed by atoms with Gasteiger partial charge in [0.25, 0.3) is 0 Å². The Kier molecular flexibility index (Phi) is 5.26. The molecule has 0 bridgehead atoms. The van der Waals surface area contributed by atoms with E-state index in [-0.39, 0.29) is 26.1 Å². The maximum Gasteiger partial charge on any atom is 0.115 e. The molecule has 7 N–H and O–H groups in total. The summed E-state index contributed by atoms with van der Waals surface area (Å²) in [5, 5.41) is 58.9. The van der Waals surface area contributed by atoms with Crippen LogP contribution in [0.3, 0.4) is 0 Å². The predicted octanol–water partition coefficient (Wildman–Crippen LogP) is -3.46. The lowest BCUT2D eigenvalue weighted by molar-refractivity contribution is -0.156. The van der Waals surface area contributed by atoms with Crippen LogP contribution in [0.5, 0.6) is 0 Å². The fraction of sp³-hybridized carbons (Fsp3) is 1.00. The Morgan fingerprint density at radius 3 is 2.24 bits per heavy atom. The quantitative estimate of drug-likeness (QED) is 0.270. The van der Waals surface area contributed by atoms with Crippen LogP contribution in [0.1, 0.15) is 12.8 Å². The van der Waals surface area contributed by atoms with Crippen molar-refractivity contribution in [3.8, 4) is 0 Å². The van der Waals surface area contributed by atoms with Gasteiger partial charge in [-0.05, 0) is 6.42 Å². The van der Waals surface area contributed by atoms with Crippen LogP contribution >= 0.6 is 0 Å². The zero-order valence-corrected chi connectivity index (χ0v) is 9.53. The summed E-state index contributed by atoms with van der Waals surface area (Å²) in [7, 11) is 0. The summed E-state index contributed by atoms with van der Waals surface area (Å²) in [5.74, 6) is 0. The third kappa shape index (κ3) is 3.35. The molecule has 4 atom stereocenters. The van der Waals surface area contributed by atoms with Gasteiger partial charge >= 0.3 is 0 Å².